The van der Waals surface area contributed by atoms with E-state index in [1.165, 1.54) is 19.1 Å². The molecule has 0 bridgehead atoms. The number of phenolic OH excluding ortho intramolecular Hbond substituents is 2. The molecule has 6 N–H and O–H groups in total. The molecule has 10 heteroatoms. The first-order valence-corrected chi connectivity index (χ1v) is 11.3. The lowest BCUT2D eigenvalue weighted by Crippen LogP contribution is -2.53. The number of fused-ring (bicyclic) bond motifs is 3. The van der Waals surface area contributed by atoms with E-state index in [4.69, 9.17) is 15.2 Å². The van der Waals surface area contributed by atoms with E-state index in [2.05, 4.69) is 0 Å². The minimum atomic E-state index is -1.50. The van der Waals surface area contributed by atoms with Gasteiger partial charge in [0.2, 0.25) is 0 Å². The third kappa shape index (κ3) is 3.57. The van der Waals surface area contributed by atoms with Gasteiger partial charge in [0, 0.05) is 41.5 Å². The van der Waals surface area contributed by atoms with Crippen molar-refractivity contribution in [3.63, 3.8) is 0 Å². The van der Waals surface area contributed by atoms with Crippen molar-refractivity contribution in [1.82, 2.24) is 0 Å². The molecule has 0 amide bonds. The van der Waals surface area contributed by atoms with E-state index in [0.29, 0.717) is 0 Å². The molecule has 35 heavy (non-hydrogen) atoms. The molecule has 3 unspecified atom stereocenters. The van der Waals surface area contributed by atoms with Crippen LogP contribution in [-0.4, -0.2) is 68.4 Å². The third-order valence-electron chi connectivity index (χ3n) is 7.17. The van der Waals surface area contributed by atoms with Crippen LogP contribution in [0.15, 0.2) is 24.3 Å². The minimum absolute atomic E-state index is 0.0344. The first kappa shape index (κ1) is 23.6. The molecule has 2 aromatic rings. The molecule has 5 rings (SSSR count). The maximum absolute atomic E-state index is 13.3. The summed E-state index contributed by atoms with van der Waals surface area (Å²) in [6, 6.07) is 6.10. The van der Waals surface area contributed by atoms with E-state index >= 15 is 0 Å². The van der Waals surface area contributed by atoms with Crippen molar-refractivity contribution in [3.05, 3.63) is 57.6 Å². The van der Waals surface area contributed by atoms with Crippen LogP contribution in [-0.2, 0) is 20.7 Å². The maximum Gasteiger partial charge on any atom is 0.198 e. The van der Waals surface area contributed by atoms with Crippen molar-refractivity contribution in [2.75, 3.05) is 6.61 Å². The van der Waals surface area contributed by atoms with Crippen molar-refractivity contribution >= 4 is 17.3 Å². The first-order valence-electron chi connectivity index (χ1n) is 11.3. The molecule has 1 aliphatic heterocycles. The van der Waals surface area contributed by atoms with Gasteiger partial charge in [-0.3, -0.25) is 14.4 Å². The fraction of sp³-hybridized carbons (Fsp3) is 0.400. The molecule has 10 nitrogen and oxygen atoms in total. The van der Waals surface area contributed by atoms with Gasteiger partial charge >= 0.3 is 0 Å². The Morgan fingerprint density at radius 2 is 1.66 bits per heavy atom. The van der Waals surface area contributed by atoms with Gasteiger partial charge < -0.3 is 35.6 Å². The quantitative estimate of drug-likeness (QED) is 0.332. The Morgan fingerprint density at radius 3 is 2.23 bits per heavy atom. The molecule has 1 heterocycles. The number of phenols is 2. The average molecular weight is 483 g/mol. The molecule has 0 spiro atoms. The van der Waals surface area contributed by atoms with Crippen LogP contribution in [0, 0.1) is 0 Å². The monoisotopic (exact) mass is 483 g/mol. The van der Waals surface area contributed by atoms with Crippen molar-refractivity contribution in [1.29, 1.82) is 0 Å². The Kier molecular flexibility index (Phi) is 5.53. The number of Topliss-reactive ketones (excluding diaryl/α,β-unsaturated/α-hetero) is 1. The number of hydrogen-bond acceptors (Lipinski definition) is 10. The van der Waals surface area contributed by atoms with Gasteiger partial charge in [0.1, 0.15) is 23.4 Å². The van der Waals surface area contributed by atoms with E-state index in [1.807, 2.05) is 0 Å². The summed E-state index contributed by atoms with van der Waals surface area (Å²) in [5, 5.41) is 42.3. The predicted octanol–water partition coefficient (Wildman–Crippen LogP) is 0.632. The fourth-order valence-electron chi connectivity index (χ4n) is 5.13. The van der Waals surface area contributed by atoms with E-state index in [-0.39, 0.29) is 59.3 Å². The van der Waals surface area contributed by atoms with Crippen LogP contribution in [0.2, 0.25) is 0 Å². The molecular formula is C25H25NO9. The molecule has 1 saturated heterocycles. The summed E-state index contributed by atoms with van der Waals surface area (Å²) in [6.45, 7) is 1.09. The molecular weight excluding hydrogens is 458 g/mol. The summed E-state index contributed by atoms with van der Waals surface area (Å²) in [4.78, 5) is 39.0. The van der Waals surface area contributed by atoms with Gasteiger partial charge in [0.15, 0.2) is 17.9 Å². The zero-order chi connectivity index (χ0) is 25.2. The Balaban J connectivity index is 1.67. The highest BCUT2D eigenvalue weighted by Gasteiger charge is 2.48. The first-order chi connectivity index (χ1) is 16.5. The second-order valence-corrected chi connectivity index (χ2v) is 9.39. The largest absolute Gasteiger partial charge is 0.507 e. The van der Waals surface area contributed by atoms with Crippen molar-refractivity contribution in [2.45, 2.75) is 56.3 Å². The second-order valence-electron chi connectivity index (χ2n) is 9.39. The molecule has 5 atom stereocenters. The Bertz CT molecular complexity index is 1270. The van der Waals surface area contributed by atoms with Crippen LogP contribution in [0.1, 0.15) is 68.8 Å². The number of carbonyl (C=O) groups excluding carboxylic acids is 3. The Morgan fingerprint density at radius 1 is 1.06 bits per heavy atom. The highest BCUT2D eigenvalue weighted by molar-refractivity contribution is 6.30. The van der Waals surface area contributed by atoms with Crippen LogP contribution in [0.4, 0.5) is 0 Å². The Labute approximate surface area is 199 Å². The Hall–Kier alpha value is -3.15. The summed E-state index contributed by atoms with van der Waals surface area (Å²) >= 11 is 0. The smallest absolute Gasteiger partial charge is 0.198 e. The topological polar surface area (TPSA) is 177 Å². The van der Waals surface area contributed by atoms with Crippen LogP contribution >= 0.6 is 0 Å². The third-order valence-corrected chi connectivity index (χ3v) is 7.17. The molecule has 0 aromatic heterocycles. The highest BCUT2D eigenvalue weighted by Crippen LogP contribution is 2.51. The van der Waals surface area contributed by atoms with Gasteiger partial charge in [-0.25, -0.2) is 0 Å². The van der Waals surface area contributed by atoms with Crippen LogP contribution < -0.4 is 5.73 Å². The number of aliphatic hydroxyl groups excluding tert-OH is 2. The number of ketones is 3. The normalized spacial score (nSPS) is 29.8. The van der Waals surface area contributed by atoms with Gasteiger partial charge in [0.25, 0.3) is 0 Å². The van der Waals surface area contributed by atoms with E-state index in [1.54, 1.807) is 12.1 Å². The fourth-order valence-corrected chi connectivity index (χ4v) is 5.13. The zero-order valence-electron chi connectivity index (χ0n) is 18.9. The minimum Gasteiger partial charge on any atom is -0.507 e. The van der Waals surface area contributed by atoms with Gasteiger partial charge in [-0.2, -0.15) is 0 Å². The lowest BCUT2D eigenvalue weighted by molar-refractivity contribution is -0.238. The summed E-state index contributed by atoms with van der Waals surface area (Å²) in [6.07, 6.45) is -4.74. The number of rotatable bonds is 3. The van der Waals surface area contributed by atoms with E-state index in [9.17, 15) is 34.8 Å². The van der Waals surface area contributed by atoms with Gasteiger partial charge in [0.05, 0.1) is 35.5 Å². The van der Waals surface area contributed by atoms with Gasteiger partial charge in [-0.1, -0.05) is 24.3 Å². The second kappa shape index (κ2) is 8.21. The molecule has 2 aromatic carbocycles. The number of carbonyl (C=O) groups is 3. The lowest BCUT2D eigenvalue weighted by atomic mass is 9.71. The average Bonchev–Trinajstić information content (AvgIpc) is 2.82. The molecule has 0 radical (unpaired) electrons. The lowest BCUT2D eigenvalue weighted by Gasteiger charge is -2.41. The summed E-state index contributed by atoms with van der Waals surface area (Å²) in [7, 11) is 0. The predicted molar refractivity (Wildman–Crippen MR) is 119 cm³/mol. The highest BCUT2D eigenvalue weighted by atomic mass is 16.7. The van der Waals surface area contributed by atoms with Gasteiger partial charge in [-0.15, -0.1) is 0 Å². The zero-order valence-corrected chi connectivity index (χ0v) is 18.9. The van der Waals surface area contributed by atoms with Gasteiger partial charge in [-0.05, 0) is 6.92 Å². The molecule has 1 fully saturated rings. The van der Waals surface area contributed by atoms with E-state index in [0.717, 1.165) is 0 Å². The number of nitrogens with two attached hydrogens (primary N) is 1. The summed E-state index contributed by atoms with van der Waals surface area (Å²) in [5.41, 5.74) is 4.47. The summed E-state index contributed by atoms with van der Waals surface area (Å²) < 4.78 is 11.4. The molecule has 2 aliphatic carbocycles. The number of aromatic hydroxyl groups is 2. The number of hydrogen-bond donors (Lipinski definition) is 5. The van der Waals surface area contributed by atoms with E-state index < -0.39 is 59.0 Å². The number of ether oxygens (including phenoxy) is 2. The SMILES string of the molecule is CC(=O)[C@]1(N)Cc2c(O)c3c(c(O)c2[C@@H](OC2CC(O)C(O)CO2)C1)C(=O)c1ccccc1C3=O. The number of aliphatic hydroxyl groups is 2. The van der Waals surface area contributed by atoms with Crippen molar-refractivity contribution < 1.29 is 44.3 Å². The van der Waals surface area contributed by atoms with Crippen LogP contribution in [0.25, 0.3) is 0 Å². The standard InChI is InChI=1S/C25H25NO9/c1-10(27)25(26)7-13-18(16(8-25)35-17-6-14(28)15(29)9-34-17)24(33)20-19(23(13)32)21(30)11-4-2-3-5-12(11)22(20)31/h2-5,14-17,28-29,32-33H,6-9,26H2,1H3/t14?,15?,16-,17?,25-/m0/s1. The number of benzene rings is 2. The molecule has 3 aliphatic rings. The van der Waals surface area contributed by atoms with Crippen LogP contribution in [0.5, 0.6) is 11.5 Å². The molecule has 0 saturated carbocycles. The van der Waals surface area contributed by atoms with Crippen molar-refractivity contribution in [2.24, 2.45) is 5.73 Å². The summed E-state index contributed by atoms with van der Waals surface area (Å²) in [5.74, 6) is -2.74. The molecule has 184 valence electrons. The van der Waals surface area contributed by atoms with Crippen LogP contribution in [0.3, 0.4) is 0 Å². The maximum atomic E-state index is 13.3. The van der Waals surface area contributed by atoms with Crippen molar-refractivity contribution in [3.8, 4) is 11.5 Å².